The Morgan fingerprint density at radius 1 is 0.731 bits per heavy atom. The molecular weight excluding hydrogens is 320 g/mol. The van der Waals surface area contributed by atoms with Gasteiger partial charge in [-0.2, -0.15) is 0 Å². The van der Waals surface area contributed by atoms with Gasteiger partial charge >= 0.3 is 5.97 Å². The largest absolute Gasteiger partial charge is 0.461 e. The van der Waals surface area contributed by atoms with Crippen LogP contribution in [0.4, 0.5) is 0 Å². The van der Waals surface area contributed by atoms with Gasteiger partial charge in [0.05, 0.1) is 5.92 Å². The number of carbonyl (C=O) groups excluding carboxylic acids is 1. The van der Waals surface area contributed by atoms with Crippen molar-refractivity contribution in [1.82, 2.24) is 0 Å². The topological polar surface area (TPSA) is 26.3 Å². The Hall–Kier alpha value is -1.57. The molecule has 0 unspecified atom stereocenters. The van der Waals surface area contributed by atoms with E-state index in [0.29, 0.717) is 6.61 Å². The van der Waals surface area contributed by atoms with Crippen LogP contribution in [0.2, 0.25) is 0 Å². The summed E-state index contributed by atoms with van der Waals surface area (Å²) >= 11 is 0. The molecule has 0 heterocycles. The molecule has 148 valence electrons. The second kappa shape index (κ2) is 14.6. The predicted octanol–water partition coefficient (Wildman–Crippen LogP) is 7.33. The van der Waals surface area contributed by atoms with Crippen LogP contribution in [0.5, 0.6) is 0 Å². The average Bonchev–Trinajstić information content (AvgIpc) is 2.54. The maximum atomic E-state index is 11.4. The lowest BCUT2D eigenvalue weighted by atomic mass is 10.0. The molecule has 0 radical (unpaired) electrons. The van der Waals surface area contributed by atoms with E-state index in [2.05, 4.69) is 52.8 Å². The monoisotopic (exact) mass is 360 g/mol. The number of rotatable bonds is 12. The minimum absolute atomic E-state index is 0.0563. The Morgan fingerprint density at radius 2 is 1.15 bits per heavy atom. The van der Waals surface area contributed by atoms with Gasteiger partial charge < -0.3 is 4.74 Å². The lowest BCUT2D eigenvalue weighted by Gasteiger charge is -2.05. The molecule has 0 rings (SSSR count). The fraction of sp³-hybridized carbons (Fsp3) is 0.625. The third-order valence-electron chi connectivity index (χ3n) is 4.28. The summed E-state index contributed by atoms with van der Waals surface area (Å²) in [4.78, 5) is 11.4. The van der Waals surface area contributed by atoms with E-state index in [9.17, 15) is 4.79 Å². The summed E-state index contributed by atoms with van der Waals surface area (Å²) in [5.41, 5.74) is 5.63. The van der Waals surface area contributed by atoms with E-state index < -0.39 is 0 Å². The summed E-state index contributed by atoms with van der Waals surface area (Å²) in [6, 6.07) is 0. The van der Waals surface area contributed by atoms with Gasteiger partial charge in [-0.1, -0.05) is 54.4 Å². The molecule has 2 heteroatoms. The van der Waals surface area contributed by atoms with E-state index in [0.717, 1.165) is 32.1 Å². The zero-order chi connectivity index (χ0) is 19.9. The third kappa shape index (κ3) is 14.7. The Bertz CT molecular complexity index is 526. The molecular formula is C24H40O2. The summed E-state index contributed by atoms with van der Waals surface area (Å²) in [5.74, 6) is -0.187. The van der Waals surface area contributed by atoms with Crippen molar-refractivity contribution in [2.75, 3.05) is 6.61 Å². The molecule has 0 aliphatic carbocycles. The second-order valence-electron chi connectivity index (χ2n) is 7.83. The van der Waals surface area contributed by atoms with Gasteiger partial charge in [-0.15, -0.1) is 0 Å². The van der Waals surface area contributed by atoms with Crippen LogP contribution in [0.3, 0.4) is 0 Å². The molecule has 0 aromatic rings. The maximum absolute atomic E-state index is 11.4. The van der Waals surface area contributed by atoms with Crippen molar-refractivity contribution in [2.24, 2.45) is 5.92 Å². The molecule has 0 aromatic heterocycles. The Labute approximate surface area is 162 Å². The molecule has 0 saturated heterocycles. The molecule has 0 bridgehead atoms. The van der Waals surface area contributed by atoms with Crippen molar-refractivity contribution in [1.29, 1.82) is 0 Å². The van der Waals surface area contributed by atoms with Crippen molar-refractivity contribution in [3.8, 4) is 0 Å². The zero-order valence-electron chi connectivity index (χ0n) is 18.2. The Morgan fingerprint density at radius 3 is 1.58 bits per heavy atom. The fourth-order valence-corrected chi connectivity index (χ4v) is 2.42. The van der Waals surface area contributed by atoms with Crippen molar-refractivity contribution in [3.63, 3.8) is 0 Å². The molecule has 0 aliphatic rings. The minimum Gasteiger partial charge on any atom is -0.461 e. The molecule has 0 fully saturated rings. The van der Waals surface area contributed by atoms with E-state index in [-0.39, 0.29) is 11.9 Å². The fourth-order valence-electron chi connectivity index (χ4n) is 2.42. The summed E-state index contributed by atoms with van der Waals surface area (Å²) in [7, 11) is 0. The van der Waals surface area contributed by atoms with E-state index in [1.54, 1.807) is 0 Å². The SMILES string of the molecule is CC(C)=CCC/C(C)=C/CCC(C)=CCC/C(C)=C/COC(=O)C(C)C. The van der Waals surface area contributed by atoms with Crippen LogP contribution in [0, 0.1) is 5.92 Å². The molecule has 0 aromatic carbocycles. The summed E-state index contributed by atoms with van der Waals surface area (Å²) in [5, 5.41) is 0. The Kier molecular flexibility index (Phi) is 13.7. The molecule has 0 atom stereocenters. The summed E-state index contributed by atoms with van der Waals surface area (Å²) in [6.45, 7) is 15.0. The third-order valence-corrected chi connectivity index (χ3v) is 4.28. The van der Waals surface area contributed by atoms with Crippen LogP contribution < -0.4 is 0 Å². The van der Waals surface area contributed by atoms with Gasteiger partial charge in [-0.3, -0.25) is 4.79 Å². The van der Waals surface area contributed by atoms with Crippen molar-refractivity contribution >= 4 is 5.97 Å². The molecule has 26 heavy (non-hydrogen) atoms. The number of allylic oxidation sites excluding steroid dienone is 7. The molecule has 0 aliphatic heterocycles. The first kappa shape index (κ1) is 24.4. The number of ether oxygens (including phenoxy) is 1. The van der Waals surface area contributed by atoms with Crippen LogP contribution in [-0.4, -0.2) is 12.6 Å². The van der Waals surface area contributed by atoms with Gasteiger partial charge in [0.2, 0.25) is 0 Å². The molecule has 0 spiro atoms. The van der Waals surface area contributed by atoms with Crippen LogP contribution >= 0.6 is 0 Å². The van der Waals surface area contributed by atoms with Crippen molar-refractivity contribution in [3.05, 3.63) is 46.6 Å². The van der Waals surface area contributed by atoms with E-state index >= 15 is 0 Å². The van der Waals surface area contributed by atoms with Gasteiger partial charge in [-0.25, -0.2) is 0 Å². The predicted molar refractivity (Wildman–Crippen MR) is 114 cm³/mol. The number of esters is 1. The van der Waals surface area contributed by atoms with Gasteiger partial charge in [0.15, 0.2) is 0 Å². The quantitative estimate of drug-likeness (QED) is 0.269. The lowest BCUT2D eigenvalue weighted by Crippen LogP contribution is -2.11. The van der Waals surface area contributed by atoms with Gasteiger partial charge in [0.25, 0.3) is 0 Å². The van der Waals surface area contributed by atoms with Crippen LogP contribution in [0.15, 0.2) is 46.6 Å². The highest BCUT2D eigenvalue weighted by Crippen LogP contribution is 2.13. The van der Waals surface area contributed by atoms with Crippen LogP contribution in [0.25, 0.3) is 0 Å². The number of hydrogen-bond acceptors (Lipinski definition) is 2. The van der Waals surface area contributed by atoms with Crippen LogP contribution in [-0.2, 0) is 9.53 Å². The second-order valence-corrected chi connectivity index (χ2v) is 7.83. The molecule has 0 N–H and O–H groups in total. The zero-order valence-corrected chi connectivity index (χ0v) is 18.2. The van der Waals surface area contributed by atoms with Crippen molar-refractivity contribution in [2.45, 2.75) is 87.0 Å². The molecule has 0 amide bonds. The average molecular weight is 361 g/mol. The first-order chi connectivity index (χ1) is 12.2. The smallest absolute Gasteiger partial charge is 0.308 e. The minimum atomic E-state index is -0.131. The Balaban J connectivity index is 4.03. The first-order valence-corrected chi connectivity index (χ1v) is 9.99. The van der Waals surface area contributed by atoms with E-state index in [1.807, 2.05) is 19.9 Å². The molecule has 2 nitrogen and oxygen atoms in total. The highest BCUT2D eigenvalue weighted by molar-refractivity contribution is 5.71. The maximum Gasteiger partial charge on any atom is 0.308 e. The highest BCUT2D eigenvalue weighted by atomic mass is 16.5. The van der Waals surface area contributed by atoms with Crippen LogP contribution in [0.1, 0.15) is 87.0 Å². The summed E-state index contributed by atoms with van der Waals surface area (Å²) in [6.07, 6.45) is 15.7. The van der Waals surface area contributed by atoms with E-state index in [4.69, 9.17) is 4.74 Å². The number of hydrogen-bond donors (Lipinski definition) is 0. The van der Waals surface area contributed by atoms with Gasteiger partial charge in [0, 0.05) is 0 Å². The van der Waals surface area contributed by atoms with Gasteiger partial charge in [0.1, 0.15) is 6.61 Å². The van der Waals surface area contributed by atoms with E-state index in [1.165, 1.54) is 28.7 Å². The lowest BCUT2D eigenvalue weighted by molar-refractivity contribution is -0.146. The molecule has 0 saturated carbocycles. The van der Waals surface area contributed by atoms with Gasteiger partial charge in [-0.05, 0) is 79.2 Å². The highest BCUT2D eigenvalue weighted by Gasteiger charge is 2.06. The number of carbonyl (C=O) groups is 1. The summed E-state index contributed by atoms with van der Waals surface area (Å²) < 4.78 is 5.18. The standard InChI is InChI=1S/C24H40O2/c1-19(2)11-8-12-21(5)13-9-14-22(6)15-10-16-23(7)17-18-26-24(25)20(3)4/h11,13,15,17,20H,8-10,12,14,16,18H2,1-7H3/b21-13+,22-15?,23-17+. The first-order valence-electron chi connectivity index (χ1n) is 9.99. The van der Waals surface area contributed by atoms with Crippen molar-refractivity contribution < 1.29 is 9.53 Å². The normalized spacial score (nSPS) is 13.2.